The first-order chi connectivity index (χ1) is 10.6. The molecule has 0 bridgehead atoms. The summed E-state index contributed by atoms with van der Waals surface area (Å²) in [6, 6.07) is 3.71. The van der Waals surface area contributed by atoms with E-state index in [2.05, 4.69) is 11.9 Å². The predicted octanol–water partition coefficient (Wildman–Crippen LogP) is 2.90. The van der Waals surface area contributed by atoms with Crippen molar-refractivity contribution >= 4 is 21.4 Å². The molecule has 0 radical (unpaired) electrons. The number of carbonyl (C=O) groups is 1. The van der Waals surface area contributed by atoms with Crippen LogP contribution in [0, 0.1) is 0 Å². The average Bonchev–Trinajstić information content (AvgIpc) is 2.46. The molecule has 0 spiro atoms. The van der Waals surface area contributed by atoms with Crippen LogP contribution in [-0.2, 0) is 19.4 Å². The second-order valence-corrected chi connectivity index (χ2v) is 6.49. The highest BCUT2D eigenvalue weighted by Gasteiger charge is 2.46. The summed E-state index contributed by atoms with van der Waals surface area (Å²) < 4.78 is 64.8. The third-order valence-electron chi connectivity index (χ3n) is 2.80. The minimum atomic E-state index is -5.40. The molecule has 0 fully saturated rings. The lowest BCUT2D eigenvalue weighted by molar-refractivity contribution is -0.126. The first-order valence-electron chi connectivity index (χ1n) is 6.54. The molecule has 0 heterocycles. The molecule has 0 aliphatic rings. The summed E-state index contributed by atoms with van der Waals surface area (Å²) in [5, 5.41) is 2.42. The van der Waals surface area contributed by atoms with Gasteiger partial charge in [-0.25, -0.2) is 8.42 Å². The second kappa shape index (κ2) is 7.60. The Bertz CT molecular complexity index is 654. The van der Waals surface area contributed by atoms with E-state index in [-0.39, 0.29) is 5.69 Å². The quantitative estimate of drug-likeness (QED) is 0.606. The molecule has 1 atom stereocenters. The molecule has 9 heteroatoms. The van der Waals surface area contributed by atoms with Crippen LogP contribution in [0.15, 0.2) is 41.8 Å². The summed E-state index contributed by atoms with van der Waals surface area (Å²) in [6.45, 7) is 5.33. The summed E-state index contributed by atoms with van der Waals surface area (Å²) in [4.78, 5) is 10.9. The van der Waals surface area contributed by atoms with E-state index >= 15 is 0 Å². The molecule has 0 aliphatic carbocycles. The topological polar surface area (TPSA) is 72.5 Å². The molecule has 1 N–H and O–H groups in total. The standard InChI is InChI=1S/C14H16F3NO4S/c1-3-4-9-22-10(2)13(19)18-11-5-7-12(8-6-11)23(20,21)14(15,16)17/h3,5-8,10H,1,4,9H2,2H3,(H,18,19)/t10-/m1/s1. The average molecular weight is 351 g/mol. The number of ether oxygens (including phenoxy) is 1. The zero-order valence-corrected chi connectivity index (χ0v) is 13.1. The Morgan fingerprint density at radius 1 is 1.35 bits per heavy atom. The van der Waals surface area contributed by atoms with Gasteiger partial charge in [-0.15, -0.1) is 6.58 Å². The number of benzene rings is 1. The second-order valence-electron chi connectivity index (χ2n) is 4.55. The van der Waals surface area contributed by atoms with Gasteiger partial charge < -0.3 is 10.1 Å². The molecule has 0 aromatic heterocycles. The van der Waals surface area contributed by atoms with Gasteiger partial charge in [-0.1, -0.05) is 6.08 Å². The SMILES string of the molecule is C=CCCO[C@H](C)C(=O)Nc1ccc(S(=O)(=O)C(F)(F)F)cc1. The lowest BCUT2D eigenvalue weighted by Crippen LogP contribution is -2.28. The maximum atomic E-state index is 12.4. The smallest absolute Gasteiger partial charge is 0.368 e. The normalized spacial score (nSPS) is 13.4. The Kier molecular flexibility index (Phi) is 6.34. The Morgan fingerprint density at radius 3 is 2.39 bits per heavy atom. The van der Waals surface area contributed by atoms with E-state index in [4.69, 9.17) is 4.74 Å². The fourth-order valence-electron chi connectivity index (χ4n) is 1.50. The van der Waals surface area contributed by atoms with Crippen LogP contribution in [0.5, 0.6) is 0 Å². The number of hydrogen-bond acceptors (Lipinski definition) is 4. The maximum Gasteiger partial charge on any atom is 0.501 e. The van der Waals surface area contributed by atoms with Gasteiger partial charge >= 0.3 is 5.51 Å². The van der Waals surface area contributed by atoms with Gasteiger partial charge in [0.25, 0.3) is 15.7 Å². The van der Waals surface area contributed by atoms with E-state index in [9.17, 15) is 26.4 Å². The van der Waals surface area contributed by atoms with Crippen molar-refractivity contribution in [1.29, 1.82) is 0 Å². The van der Waals surface area contributed by atoms with Gasteiger partial charge in [0.15, 0.2) is 0 Å². The molecule has 0 unspecified atom stereocenters. The zero-order chi connectivity index (χ0) is 17.7. The van der Waals surface area contributed by atoms with E-state index in [1.807, 2.05) is 0 Å². The molecule has 1 rings (SSSR count). The van der Waals surface area contributed by atoms with E-state index in [0.717, 1.165) is 24.3 Å². The lowest BCUT2D eigenvalue weighted by atomic mass is 10.3. The van der Waals surface area contributed by atoms with Gasteiger partial charge in [0.05, 0.1) is 11.5 Å². The molecule has 1 amide bonds. The van der Waals surface area contributed by atoms with Gasteiger partial charge in [-0.2, -0.15) is 13.2 Å². The summed E-state index contributed by atoms with van der Waals surface area (Å²) >= 11 is 0. The van der Waals surface area contributed by atoms with Crippen molar-refractivity contribution in [2.75, 3.05) is 11.9 Å². The minimum Gasteiger partial charge on any atom is -0.368 e. The lowest BCUT2D eigenvalue weighted by Gasteiger charge is -2.13. The van der Waals surface area contributed by atoms with Crippen LogP contribution in [0.1, 0.15) is 13.3 Å². The Balaban J connectivity index is 2.75. The number of amides is 1. The van der Waals surface area contributed by atoms with Crippen LogP contribution in [0.3, 0.4) is 0 Å². The van der Waals surface area contributed by atoms with Crippen molar-refractivity contribution < 1.29 is 31.1 Å². The van der Waals surface area contributed by atoms with Gasteiger partial charge in [-0.3, -0.25) is 4.79 Å². The number of sulfone groups is 1. The van der Waals surface area contributed by atoms with Gasteiger partial charge in [-0.05, 0) is 37.6 Å². The highest BCUT2D eigenvalue weighted by molar-refractivity contribution is 7.92. The van der Waals surface area contributed by atoms with Crippen LogP contribution < -0.4 is 5.32 Å². The van der Waals surface area contributed by atoms with Crippen LogP contribution in [-0.4, -0.2) is 32.5 Å². The van der Waals surface area contributed by atoms with Crippen LogP contribution in [0.2, 0.25) is 0 Å². The summed E-state index contributed by atoms with van der Waals surface area (Å²) in [5.74, 6) is -0.500. The maximum absolute atomic E-state index is 12.4. The number of hydrogen-bond donors (Lipinski definition) is 1. The molecule has 1 aromatic carbocycles. The van der Waals surface area contributed by atoms with Crippen molar-refractivity contribution in [2.24, 2.45) is 0 Å². The first kappa shape index (κ1) is 19.2. The van der Waals surface area contributed by atoms with Crippen LogP contribution >= 0.6 is 0 Å². The van der Waals surface area contributed by atoms with Crippen LogP contribution in [0.25, 0.3) is 0 Å². The fourth-order valence-corrected chi connectivity index (χ4v) is 2.26. The molecule has 0 aliphatic heterocycles. The van der Waals surface area contributed by atoms with Gasteiger partial charge in [0.2, 0.25) is 0 Å². The third-order valence-corrected chi connectivity index (χ3v) is 4.30. The monoisotopic (exact) mass is 351 g/mol. The van der Waals surface area contributed by atoms with E-state index in [1.54, 1.807) is 6.08 Å². The molecule has 23 heavy (non-hydrogen) atoms. The highest BCUT2D eigenvalue weighted by Crippen LogP contribution is 2.30. The zero-order valence-electron chi connectivity index (χ0n) is 12.3. The van der Waals surface area contributed by atoms with Crippen molar-refractivity contribution in [3.05, 3.63) is 36.9 Å². The summed E-state index contributed by atoms with van der Waals surface area (Å²) in [7, 11) is -5.40. The van der Waals surface area contributed by atoms with Crippen LogP contribution in [0.4, 0.5) is 18.9 Å². The molecular formula is C14H16F3NO4S. The number of anilines is 1. The number of alkyl halides is 3. The molecule has 0 saturated heterocycles. The number of rotatable bonds is 7. The molecule has 0 saturated carbocycles. The summed E-state index contributed by atoms with van der Waals surface area (Å²) in [5.41, 5.74) is -5.21. The number of carbonyl (C=O) groups excluding carboxylic acids is 1. The minimum absolute atomic E-state index is 0.162. The number of halogens is 3. The molecule has 5 nitrogen and oxygen atoms in total. The van der Waals surface area contributed by atoms with E-state index in [1.165, 1.54) is 6.92 Å². The third kappa shape index (κ3) is 5.07. The van der Waals surface area contributed by atoms with Crippen molar-refractivity contribution in [1.82, 2.24) is 0 Å². The predicted molar refractivity (Wildman–Crippen MR) is 78.5 cm³/mol. The largest absolute Gasteiger partial charge is 0.501 e. The fraction of sp³-hybridized carbons (Fsp3) is 0.357. The van der Waals surface area contributed by atoms with Crippen molar-refractivity contribution in [3.8, 4) is 0 Å². The highest BCUT2D eigenvalue weighted by atomic mass is 32.2. The molecule has 1 aromatic rings. The molecular weight excluding hydrogens is 335 g/mol. The Labute approximate surface area is 132 Å². The Morgan fingerprint density at radius 2 is 1.91 bits per heavy atom. The first-order valence-corrected chi connectivity index (χ1v) is 8.02. The van der Waals surface area contributed by atoms with Crippen molar-refractivity contribution in [2.45, 2.75) is 29.9 Å². The summed E-state index contributed by atoms with van der Waals surface area (Å²) in [6.07, 6.45) is 1.43. The number of nitrogens with one attached hydrogen (secondary N) is 1. The van der Waals surface area contributed by atoms with Gasteiger partial charge in [0.1, 0.15) is 6.10 Å². The molecule has 128 valence electrons. The van der Waals surface area contributed by atoms with E-state index < -0.39 is 32.3 Å². The van der Waals surface area contributed by atoms with E-state index in [0.29, 0.717) is 13.0 Å². The Hall–Kier alpha value is -1.87. The van der Waals surface area contributed by atoms with Crippen molar-refractivity contribution in [3.63, 3.8) is 0 Å². The van der Waals surface area contributed by atoms with Gasteiger partial charge in [0, 0.05) is 5.69 Å².